The molecule has 0 spiro atoms. The van der Waals surface area contributed by atoms with Crippen molar-refractivity contribution < 1.29 is 10.0 Å². The molecule has 0 aliphatic heterocycles. The first-order chi connectivity index (χ1) is 9.06. The molecule has 2 rings (SSSR count). The smallest absolute Gasteiger partial charge is 0.270 e. The minimum atomic E-state index is -0.478. The van der Waals surface area contributed by atoms with E-state index in [9.17, 15) is 15.2 Å². The van der Waals surface area contributed by atoms with Gasteiger partial charge in [-0.3, -0.25) is 15.1 Å². The molecule has 0 aromatic heterocycles. The molecule has 1 N–H and O–H groups in total. The Labute approximate surface area is 113 Å². The molecule has 0 radical (unpaired) electrons. The SMILES string of the molecule is O=[N+]([O-])c1cccc(C=Nc2cc(Cl)ccc2O)c1. The molecule has 0 heterocycles. The standard InChI is InChI=1S/C13H9ClN2O3/c14-10-4-5-13(17)12(7-10)15-8-9-2-1-3-11(6-9)16(18)19/h1-8,17H. The third-order valence-electron chi connectivity index (χ3n) is 2.37. The summed E-state index contributed by atoms with van der Waals surface area (Å²) in [5.41, 5.74) is 0.854. The molecule has 0 aliphatic carbocycles. The normalized spacial score (nSPS) is 10.8. The second-order valence-electron chi connectivity index (χ2n) is 3.74. The van der Waals surface area contributed by atoms with Crippen LogP contribution in [-0.4, -0.2) is 16.2 Å². The molecule has 0 bridgehead atoms. The van der Waals surface area contributed by atoms with Gasteiger partial charge in [0, 0.05) is 23.4 Å². The molecule has 2 aromatic carbocycles. The number of halogens is 1. The van der Waals surface area contributed by atoms with E-state index in [2.05, 4.69) is 4.99 Å². The zero-order valence-electron chi connectivity index (χ0n) is 9.65. The van der Waals surface area contributed by atoms with E-state index in [1.54, 1.807) is 18.2 Å². The largest absolute Gasteiger partial charge is 0.506 e. The van der Waals surface area contributed by atoms with E-state index in [1.807, 2.05) is 0 Å². The van der Waals surface area contributed by atoms with E-state index in [0.29, 0.717) is 16.3 Å². The summed E-state index contributed by atoms with van der Waals surface area (Å²) in [4.78, 5) is 14.2. The highest BCUT2D eigenvalue weighted by molar-refractivity contribution is 6.30. The molecule has 0 saturated heterocycles. The lowest BCUT2D eigenvalue weighted by molar-refractivity contribution is -0.384. The van der Waals surface area contributed by atoms with Crippen molar-refractivity contribution in [3.63, 3.8) is 0 Å². The molecule has 0 amide bonds. The van der Waals surface area contributed by atoms with Crippen molar-refractivity contribution in [2.75, 3.05) is 0 Å². The number of rotatable bonds is 3. The number of hydrogen-bond acceptors (Lipinski definition) is 4. The van der Waals surface area contributed by atoms with Crippen LogP contribution in [0.25, 0.3) is 0 Å². The lowest BCUT2D eigenvalue weighted by atomic mass is 10.2. The maximum atomic E-state index is 10.6. The van der Waals surface area contributed by atoms with Crippen molar-refractivity contribution >= 4 is 29.2 Å². The van der Waals surface area contributed by atoms with Gasteiger partial charge >= 0.3 is 0 Å². The van der Waals surface area contributed by atoms with E-state index in [4.69, 9.17) is 11.6 Å². The Morgan fingerprint density at radius 1 is 1.26 bits per heavy atom. The van der Waals surface area contributed by atoms with Crippen molar-refractivity contribution in [2.45, 2.75) is 0 Å². The molecule has 0 saturated carbocycles. The number of aliphatic imine (C=N–C) groups is 1. The molecule has 96 valence electrons. The van der Waals surface area contributed by atoms with E-state index >= 15 is 0 Å². The first-order valence-corrected chi connectivity index (χ1v) is 5.71. The van der Waals surface area contributed by atoms with Crippen LogP contribution in [0.15, 0.2) is 47.5 Å². The minimum absolute atomic E-state index is 0.00826. The number of phenolic OH excluding ortho intramolecular Hbond substituents is 1. The lowest BCUT2D eigenvalue weighted by Crippen LogP contribution is -1.89. The zero-order valence-corrected chi connectivity index (χ0v) is 10.4. The quantitative estimate of drug-likeness (QED) is 0.527. The number of benzene rings is 2. The van der Waals surface area contributed by atoms with Gasteiger partial charge in [0.05, 0.1) is 4.92 Å². The van der Waals surface area contributed by atoms with Crippen molar-refractivity contribution in [3.8, 4) is 5.75 Å². The predicted octanol–water partition coefficient (Wildman–Crippen LogP) is 3.70. The van der Waals surface area contributed by atoms with Crippen LogP contribution in [0.5, 0.6) is 5.75 Å². The maximum absolute atomic E-state index is 10.6. The van der Waals surface area contributed by atoms with Gasteiger partial charge in [-0.05, 0) is 23.8 Å². The Bertz CT molecular complexity index is 656. The van der Waals surface area contributed by atoms with Gasteiger partial charge in [-0.1, -0.05) is 23.7 Å². The third-order valence-corrected chi connectivity index (χ3v) is 2.61. The van der Waals surface area contributed by atoms with Gasteiger partial charge in [0.25, 0.3) is 5.69 Å². The number of aromatic hydroxyl groups is 1. The molecule has 0 fully saturated rings. The van der Waals surface area contributed by atoms with E-state index in [-0.39, 0.29) is 11.4 Å². The predicted molar refractivity (Wildman–Crippen MR) is 73.5 cm³/mol. The van der Waals surface area contributed by atoms with Crippen molar-refractivity contribution in [1.29, 1.82) is 0 Å². The van der Waals surface area contributed by atoms with Crippen LogP contribution in [-0.2, 0) is 0 Å². The van der Waals surface area contributed by atoms with Crippen LogP contribution in [0.3, 0.4) is 0 Å². The lowest BCUT2D eigenvalue weighted by Gasteiger charge is -1.99. The molecule has 19 heavy (non-hydrogen) atoms. The van der Waals surface area contributed by atoms with Gasteiger partial charge in [0.2, 0.25) is 0 Å². The van der Waals surface area contributed by atoms with E-state index in [1.165, 1.54) is 30.5 Å². The maximum Gasteiger partial charge on any atom is 0.270 e. The minimum Gasteiger partial charge on any atom is -0.506 e. The van der Waals surface area contributed by atoms with Crippen LogP contribution in [0.1, 0.15) is 5.56 Å². The molecule has 5 nitrogen and oxygen atoms in total. The van der Waals surface area contributed by atoms with Crippen LogP contribution in [0, 0.1) is 10.1 Å². The number of nitrogens with zero attached hydrogens (tertiary/aromatic N) is 2. The van der Waals surface area contributed by atoms with Crippen LogP contribution in [0.2, 0.25) is 5.02 Å². The summed E-state index contributed by atoms with van der Waals surface area (Å²) in [6.07, 6.45) is 1.43. The van der Waals surface area contributed by atoms with E-state index in [0.717, 1.165) is 0 Å². The fraction of sp³-hybridized carbons (Fsp3) is 0. The second-order valence-corrected chi connectivity index (χ2v) is 4.18. The highest BCUT2D eigenvalue weighted by atomic mass is 35.5. The van der Waals surface area contributed by atoms with Gasteiger partial charge in [-0.2, -0.15) is 0 Å². The first-order valence-electron chi connectivity index (χ1n) is 5.33. The van der Waals surface area contributed by atoms with Crippen molar-refractivity contribution in [2.24, 2.45) is 4.99 Å². The number of hydrogen-bond donors (Lipinski definition) is 1. The molecular formula is C13H9ClN2O3. The Hall–Kier alpha value is -2.40. The number of non-ortho nitro benzene ring substituents is 1. The highest BCUT2D eigenvalue weighted by Gasteiger charge is 2.04. The monoisotopic (exact) mass is 276 g/mol. The Kier molecular flexibility index (Phi) is 3.77. The Balaban J connectivity index is 2.30. The third kappa shape index (κ3) is 3.29. The molecule has 2 aromatic rings. The fourth-order valence-electron chi connectivity index (χ4n) is 1.46. The summed E-state index contributed by atoms with van der Waals surface area (Å²) in [7, 11) is 0. The zero-order chi connectivity index (χ0) is 13.8. The number of phenols is 1. The van der Waals surface area contributed by atoms with Crippen LogP contribution >= 0.6 is 11.6 Å². The summed E-state index contributed by atoms with van der Waals surface area (Å²) in [5, 5.41) is 20.7. The fourth-order valence-corrected chi connectivity index (χ4v) is 1.63. The topological polar surface area (TPSA) is 75.7 Å². The van der Waals surface area contributed by atoms with E-state index < -0.39 is 4.92 Å². The highest BCUT2D eigenvalue weighted by Crippen LogP contribution is 2.29. The van der Waals surface area contributed by atoms with Crippen LogP contribution < -0.4 is 0 Å². The van der Waals surface area contributed by atoms with Crippen molar-refractivity contribution in [3.05, 3.63) is 63.2 Å². The Morgan fingerprint density at radius 2 is 2.05 bits per heavy atom. The number of nitro groups is 1. The van der Waals surface area contributed by atoms with Gasteiger partial charge < -0.3 is 5.11 Å². The van der Waals surface area contributed by atoms with Gasteiger partial charge in [-0.15, -0.1) is 0 Å². The summed E-state index contributed by atoms with van der Waals surface area (Å²) in [5.74, 6) is -0.00826. The summed E-state index contributed by atoms with van der Waals surface area (Å²) < 4.78 is 0. The molecule has 0 aliphatic rings. The van der Waals surface area contributed by atoms with Gasteiger partial charge in [0.15, 0.2) is 0 Å². The average Bonchev–Trinajstić information content (AvgIpc) is 2.40. The molecule has 0 unspecified atom stereocenters. The molecular weight excluding hydrogens is 268 g/mol. The molecule has 6 heteroatoms. The molecule has 0 atom stereocenters. The average molecular weight is 277 g/mol. The second kappa shape index (κ2) is 5.49. The summed E-state index contributed by atoms with van der Waals surface area (Å²) >= 11 is 5.79. The summed E-state index contributed by atoms with van der Waals surface area (Å²) in [6, 6.07) is 10.5. The Morgan fingerprint density at radius 3 is 2.79 bits per heavy atom. The van der Waals surface area contributed by atoms with Gasteiger partial charge in [-0.25, -0.2) is 0 Å². The summed E-state index contributed by atoms with van der Waals surface area (Å²) in [6.45, 7) is 0. The first kappa shape index (κ1) is 13.0. The van der Waals surface area contributed by atoms with Crippen LogP contribution in [0.4, 0.5) is 11.4 Å². The van der Waals surface area contributed by atoms with Gasteiger partial charge in [0.1, 0.15) is 11.4 Å². The number of nitro benzene ring substituents is 1. The van der Waals surface area contributed by atoms with Crippen molar-refractivity contribution in [1.82, 2.24) is 0 Å².